The van der Waals surface area contributed by atoms with Crippen LogP contribution in [0.4, 0.5) is 0 Å². The molecule has 1 amide bonds. The van der Waals surface area contributed by atoms with Crippen molar-refractivity contribution in [1.82, 2.24) is 5.32 Å². The smallest absolute Gasteiger partial charge is 0.330 e. The van der Waals surface area contributed by atoms with E-state index < -0.39 is 12.0 Å². The molecule has 2 aromatic rings. The number of carboxylic acids is 1. The Balaban J connectivity index is 1.59. The molecule has 0 heterocycles. The summed E-state index contributed by atoms with van der Waals surface area (Å²) in [5, 5.41) is 14.2. The monoisotopic (exact) mass is 295 g/mol. The molecule has 2 N–H and O–H groups in total. The first-order chi connectivity index (χ1) is 10.6. The molecule has 2 fully saturated rings. The number of aliphatic carboxylic acids is 1. The number of benzene rings is 2. The van der Waals surface area contributed by atoms with Gasteiger partial charge in [0.2, 0.25) is 5.91 Å². The highest BCUT2D eigenvalue weighted by Gasteiger charge is 2.65. The molecule has 4 heteroatoms. The van der Waals surface area contributed by atoms with Crippen molar-refractivity contribution in [2.45, 2.75) is 25.3 Å². The van der Waals surface area contributed by atoms with Crippen LogP contribution in [0.25, 0.3) is 10.8 Å². The first kappa shape index (κ1) is 13.3. The molecule has 22 heavy (non-hydrogen) atoms. The number of carboxylic acid groups (broad SMARTS) is 1. The van der Waals surface area contributed by atoms with E-state index in [-0.39, 0.29) is 17.2 Å². The van der Waals surface area contributed by atoms with Crippen molar-refractivity contribution < 1.29 is 14.7 Å². The minimum Gasteiger partial charge on any atom is -0.479 e. The molecule has 0 bridgehead atoms. The summed E-state index contributed by atoms with van der Waals surface area (Å²) in [6.45, 7) is 0. The Morgan fingerprint density at radius 1 is 1.14 bits per heavy atom. The van der Waals surface area contributed by atoms with Gasteiger partial charge in [-0.25, -0.2) is 4.79 Å². The quantitative estimate of drug-likeness (QED) is 0.911. The molecule has 0 aliphatic heterocycles. The maximum absolute atomic E-state index is 12.2. The molecule has 4 rings (SSSR count). The lowest BCUT2D eigenvalue weighted by molar-refractivity contribution is -0.142. The Morgan fingerprint density at radius 3 is 2.50 bits per heavy atom. The molecule has 2 saturated carbocycles. The van der Waals surface area contributed by atoms with Gasteiger partial charge < -0.3 is 10.4 Å². The largest absolute Gasteiger partial charge is 0.479 e. The number of fused-ring (bicyclic) bond motifs is 1. The fourth-order valence-electron chi connectivity index (χ4n) is 3.35. The van der Waals surface area contributed by atoms with Crippen molar-refractivity contribution in [3.05, 3.63) is 48.0 Å². The number of nitrogens with one attached hydrogen (secondary N) is 1. The van der Waals surface area contributed by atoms with E-state index in [1.807, 2.05) is 36.4 Å². The van der Waals surface area contributed by atoms with Crippen LogP contribution in [0, 0.1) is 11.3 Å². The van der Waals surface area contributed by atoms with Crippen LogP contribution in [0.1, 0.15) is 30.9 Å². The third kappa shape index (κ3) is 2.15. The second-order valence-electron chi connectivity index (χ2n) is 6.51. The molecule has 0 aromatic heterocycles. The molecule has 4 nitrogen and oxygen atoms in total. The van der Waals surface area contributed by atoms with Gasteiger partial charge in [-0.3, -0.25) is 4.79 Å². The van der Waals surface area contributed by atoms with Gasteiger partial charge in [-0.1, -0.05) is 36.4 Å². The van der Waals surface area contributed by atoms with Gasteiger partial charge in [0.05, 0.1) is 0 Å². The predicted molar refractivity (Wildman–Crippen MR) is 82.2 cm³/mol. The van der Waals surface area contributed by atoms with Crippen LogP contribution in [0.3, 0.4) is 0 Å². The van der Waals surface area contributed by atoms with Crippen LogP contribution in [0.15, 0.2) is 42.5 Å². The van der Waals surface area contributed by atoms with Crippen LogP contribution in [-0.2, 0) is 9.59 Å². The third-order valence-electron chi connectivity index (χ3n) is 5.04. The van der Waals surface area contributed by atoms with Crippen LogP contribution in [0.5, 0.6) is 0 Å². The molecular weight excluding hydrogens is 278 g/mol. The van der Waals surface area contributed by atoms with Crippen LogP contribution < -0.4 is 5.32 Å². The van der Waals surface area contributed by atoms with E-state index in [0.717, 1.165) is 30.0 Å². The SMILES string of the molecule is O=C(O)C(NC(=O)C1CC12CC2)c1ccc2ccccc2c1. The van der Waals surface area contributed by atoms with E-state index in [9.17, 15) is 14.7 Å². The second kappa shape index (κ2) is 4.57. The minimum absolute atomic E-state index is 0.0230. The van der Waals surface area contributed by atoms with E-state index in [4.69, 9.17) is 0 Å². The third-order valence-corrected chi connectivity index (χ3v) is 5.04. The molecule has 2 atom stereocenters. The Hall–Kier alpha value is -2.36. The highest BCUT2D eigenvalue weighted by atomic mass is 16.4. The number of hydrogen-bond acceptors (Lipinski definition) is 2. The summed E-state index contributed by atoms with van der Waals surface area (Å²) < 4.78 is 0. The predicted octanol–water partition coefficient (Wildman–Crippen LogP) is 2.88. The Morgan fingerprint density at radius 2 is 1.86 bits per heavy atom. The highest BCUT2D eigenvalue weighted by molar-refractivity contribution is 5.90. The fourth-order valence-corrected chi connectivity index (χ4v) is 3.35. The van der Waals surface area contributed by atoms with Crippen LogP contribution in [0.2, 0.25) is 0 Å². The molecule has 0 saturated heterocycles. The minimum atomic E-state index is -1.02. The van der Waals surface area contributed by atoms with E-state index in [1.54, 1.807) is 6.07 Å². The normalized spacial score (nSPS) is 22.3. The molecule has 0 radical (unpaired) electrons. The van der Waals surface area contributed by atoms with Crippen molar-refractivity contribution in [2.75, 3.05) is 0 Å². The van der Waals surface area contributed by atoms with Gasteiger partial charge in [-0.2, -0.15) is 0 Å². The van der Waals surface area contributed by atoms with Gasteiger partial charge in [0, 0.05) is 5.92 Å². The van der Waals surface area contributed by atoms with E-state index in [0.29, 0.717) is 5.56 Å². The lowest BCUT2D eigenvalue weighted by Crippen LogP contribution is -2.35. The standard InChI is InChI=1S/C18H17NO3/c20-16(14-10-18(14)7-8-18)19-15(17(21)22)13-6-5-11-3-1-2-4-12(11)9-13/h1-6,9,14-15H,7-8,10H2,(H,19,20)(H,21,22). The fraction of sp³-hybridized carbons (Fsp3) is 0.333. The van der Waals surface area contributed by atoms with E-state index in [2.05, 4.69) is 5.32 Å². The average Bonchev–Trinajstić information content (AvgIpc) is 3.44. The van der Waals surface area contributed by atoms with Gasteiger partial charge in [-0.15, -0.1) is 0 Å². The summed E-state index contributed by atoms with van der Waals surface area (Å²) in [4.78, 5) is 23.8. The number of hydrogen-bond donors (Lipinski definition) is 2. The molecule has 112 valence electrons. The first-order valence-electron chi connectivity index (χ1n) is 7.61. The number of amides is 1. The van der Waals surface area contributed by atoms with Crippen molar-refractivity contribution in [2.24, 2.45) is 11.3 Å². The Kier molecular flexibility index (Phi) is 2.76. The number of rotatable bonds is 4. The van der Waals surface area contributed by atoms with Gasteiger partial charge in [-0.05, 0) is 47.1 Å². The summed E-state index contributed by atoms with van der Waals surface area (Å²) >= 11 is 0. The molecular formula is C18H17NO3. The topological polar surface area (TPSA) is 66.4 Å². The zero-order valence-electron chi connectivity index (χ0n) is 12.1. The van der Waals surface area contributed by atoms with E-state index in [1.165, 1.54) is 0 Å². The van der Waals surface area contributed by atoms with Gasteiger partial charge in [0.1, 0.15) is 0 Å². The summed E-state index contributed by atoms with van der Waals surface area (Å²) in [6.07, 6.45) is 3.14. The molecule has 2 aromatic carbocycles. The lowest BCUT2D eigenvalue weighted by atomic mass is 10.0. The number of carbonyl (C=O) groups is 2. The average molecular weight is 295 g/mol. The Labute approximate surface area is 128 Å². The van der Waals surface area contributed by atoms with E-state index >= 15 is 0 Å². The Bertz CT molecular complexity index is 779. The molecule has 2 aliphatic carbocycles. The zero-order valence-corrected chi connectivity index (χ0v) is 12.1. The van der Waals surface area contributed by atoms with Gasteiger partial charge in [0.15, 0.2) is 6.04 Å². The highest BCUT2D eigenvalue weighted by Crippen LogP contribution is 2.70. The lowest BCUT2D eigenvalue weighted by Gasteiger charge is -2.15. The first-order valence-corrected chi connectivity index (χ1v) is 7.61. The summed E-state index contributed by atoms with van der Waals surface area (Å²) in [5.41, 5.74) is 0.848. The molecule has 1 spiro atoms. The van der Waals surface area contributed by atoms with Gasteiger partial charge in [0.25, 0.3) is 0 Å². The molecule has 2 aliphatic rings. The van der Waals surface area contributed by atoms with Crippen molar-refractivity contribution in [1.29, 1.82) is 0 Å². The number of carbonyl (C=O) groups excluding carboxylic acids is 1. The second-order valence-corrected chi connectivity index (χ2v) is 6.51. The van der Waals surface area contributed by atoms with Gasteiger partial charge >= 0.3 is 5.97 Å². The van der Waals surface area contributed by atoms with Crippen molar-refractivity contribution in [3.8, 4) is 0 Å². The van der Waals surface area contributed by atoms with Crippen molar-refractivity contribution >= 4 is 22.6 Å². The maximum Gasteiger partial charge on any atom is 0.330 e. The van der Waals surface area contributed by atoms with Crippen LogP contribution >= 0.6 is 0 Å². The van der Waals surface area contributed by atoms with Crippen molar-refractivity contribution in [3.63, 3.8) is 0 Å². The zero-order chi connectivity index (χ0) is 15.3. The summed E-state index contributed by atoms with van der Waals surface area (Å²) in [5.74, 6) is -1.11. The van der Waals surface area contributed by atoms with Crippen LogP contribution in [-0.4, -0.2) is 17.0 Å². The summed E-state index contributed by atoms with van der Waals surface area (Å²) in [6, 6.07) is 12.3. The maximum atomic E-state index is 12.2. The summed E-state index contributed by atoms with van der Waals surface area (Å²) in [7, 11) is 0. The molecule has 2 unspecified atom stereocenters.